The molecule has 1 heterocycles. The summed E-state index contributed by atoms with van der Waals surface area (Å²) in [5.41, 5.74) is 5.98. The Hall–Kier alpha value is -1.79. The van der Waals surface area contributed by atoms with Gasteiger partial charge in [-0.1, -0.05) is 175 Å². The first-order chi connectivity index (χ1) is 26.5. The van der Waals surface area contributed by atoms with Crippen LogP contribution in [0.15, 0.2) is 0 Å². The Morgan fingerprint density at radius 3 is 1.56 bits per heavy atom. The molecule has 1 rings (SSSR count). The SMILES string of the molecule is CCCCCCCCCCCCCCCCCC(NC(=O)CCCCCCCCCCC)[C@@H]1O[C@H](CO)[C@@H](O)[C@H](O)[C@H]1NC(=O)CNC(=O)[C@@H](N)CC(C)C. The molecule has 3 amide bonds. The van der Waals surface area contributed by atoms with Crippen molar-refractivity contribution in [3.63, 3.8) is 0 Å². The van der Waals surface area contributed by atoms with Crippen molar-refractivity contribution >= 4 is 17.7 Å². The van der Waals surface area contributed by atoms with Gasteiger partial charge in [-0.3, -0.25) is 14.4 Å². The highest BCUT2D eigenvalue weighted by Gasteiger charge is 2.48. The first kappa shape index (κ1) is 51.2. The van der Waals surface area contributed by atoms with Crippen LogP contribution in [0.25, 0.3) is 0 Å². The van der Waals surface area contributed by atoms with Gasteiger partial charge in [0.05, 0.1) is 31.3 Å². The minimum absolute atomic E-state index is 0.116. The Kier molecular flexibility index (Phi) is 30.9. The van der Waals surface area contributed by atoms with Gasteiger partial charge in [-0.05, 0) is 25.2 Å². The lowest BCUT2D eigenvalue weighted by molar-refractivity contribution is -0.202. The van der Waals surface area contributed by atoms with Gasteiger partial charge < -0.3 is 41.7 Å². The largest absolute Gasteiger partial charge is 0.394 e. The summed E-state index contributed by atoms with van der Waals surface area (Å²) in [5, 5.41) is 40.5. The van der Waals surface area contributed by atoms with Crippen LogP contribution >= 0.6 is 0 Å². The summed E-state index contributed by atoms with van der Waals surface area (Å²) >= 11 is 0. The predicted octanol–water partition coefficient (Wildman–Crippen LogP) is 7.11. The van der Waals surface area contributed by atoms with Crippen LogP contribution in [-0.2, 0) is 19.1 Å². The van der Waals surface area contributed by atoms with E-state index in [4.69, 9.17) is 10.5 Å². The number of nitrogens with one attached hydrogen (secondary N) is 3. The third-order valence-electron chi connectivity index (χ3n) is 11.1. The van der Waals surface area contributed by atoms with Crippen LogP contribution in [-0.4, -0.2) is 88.7 Å². The highest BCUT2D eigenvalue weighted by atomic mass is 16.5. The normalized spacial score (nSPS) is 21.0. The van der Waals surface area contributed by atoms with Crippen LogP contribution in [0.5, 0.6) is 0 Å². The van der Waals surface area contributed by atoms with Crippen molar-refractivity contribution < 1.29 is 34.4 Å². The zero-order valence-electron chi connectivity index (χ0n) is 35.7. The molecule has 1 saturated heterocycles. The van der Waals surface area contributed by atoms with Gasteiger partial charge in [0.15, 0.2) is 0 Å². The molecule has 0 saturated carbocycles. The monoisotopic (exact) mass is 783 g/mol. The van der Waals surface area contributed by atoms with E-state index >= 15 is 0 Å². The summed E-state index contributed by atoms with van der Waals surface area (Å²) in [6.07, 6.45) is 25.4. The van der Waals surface area contributed by atoms with Gasteiger partial charge in [0, 0.05) is 6.42 Å². The van der Waals surface area contributed by atoms with Gasteiger partial charge in [0.2, 0.25) is 17.7 Å². The van der Waals surface area contributed by atoms with E-state index in [0.29, 0.717) is 19.3 Å². The summed E-state index contributed by atoms with van der Waals surface area (Å²) in [7, 11) is 0. The average molecular weight is 783 g/mol. The summed E-state index contributed by atoms with van der Waals surface area (Å²) in [4.78, 5) is 38.9. The van der Waals surface area contributed by atoms with Gasteiger partial charge in [0.1, 0.15) is 24.4 Å². The molecule has 0 aromatic heterocycles. The first-order valence-electron chi connectivity index (χ1n) is 22.8. The molecule has 0 bridgehead atoms. The summed E-state index contributed by atoms with van der Waals surface area (Å²) in [6.45, 7) is 7.50. The molecule has 11 nitrogen and oxygen atoms in total. The van der Waals surface area contributed by atoms with Crippen LogP contribution < -0.4 is 21.7 Å². The molecule has 0 aromatic rings. The predicted molar refractivity (Wildman–Crippen MR) is 223 cm³/mol. The zero-order chi connectivity index (χ0) is 40.7. The Morgan fingerprint density at radius 2 is 1.11 bits per heavy atom. The van der Waals surface area contributed by atoms with E-state index in [1.165, 1.54) is 109 Å². The molecule has 11 heteroatoms. The third-order valence-corrected chi connectivity index (χ3v) is 11.1. The lowest BCUT2D eigenvalue weighted by Gasteiger charge is -2.45. The quantitative estimate of drug-likeness (QED) is 0.0332. The zero-order valence-corrected chi connectivity index (χ0v) is 35.7. The Balaban J connectivity index is 2.79. The molecule has 324 valence electrons. The molecule has 55 heavy (non-hydrogen) atoms. The van der Waals surface area contributed by atoms with E-state index in [2.05, 4.69) is 29.8 Å². The third kappa shape index (κ3) is 24.6. The molecule has 1 aliphatic heterocycles. The molecule has 0 radical (unpaired) electrons. The highest BCUT2D eigenvalue weighted by Crippen LogP contribution is 2.26. The van der Waals surface area contributed by atoms with Crippen molar-refractivity contribution in [3.8, 4) is 0 Å². The molecule has 0 aromatic carbocycles. The maximum Gasteiger partial charge on any atom is 0.239 e. The van der Waals surface area contributed by atoms with Crippen LogP contribution in [0.3, 0.4) is 0 Å². The molecule has 1 fully saturated rings. The van der Waals surface area contributed by atoms with Crippen molar-refractivity contribution in [2.75, 3.05) is 13.2 Å². The van der Waals surface area contributed by atoms with E-state index in [0.717, 1.165) is 44.9 Å². The van der Waals surface area contributed by atoms with E-state index in [9.17, 15) is 29.7 Å². The number of aliphatic hydroxyl groups excluding tert-OH is 3. The fraction of sp³-hybridized carbons (Fsp3) is 0.932. The van der Waals surface area contributed by atoms with Crippen LogP contribution in [0.2, 0.25) is 0 Å². The van der Waals surface area contributed by atoms with Crippen molar-refractivity contribution in [2.24, 2.45) is 11.7 Å². The number of hydrogen-bond acceptors (Lipinski definition) is 8. The number of rotatable bonds is 35. The Morgan fingerprint density at radius 1 is 0.655 bits per heavy atom. The number of unbranched alkanes of at least 4 members (excludes halogenated alkanes) is 22. The Bertz CT molecular complexity index is 970. The summed E-state index contributed by atoms with van der Waals surface area (Å²) in [5.74, 6) is -0.932. The molecule has 1 aliphatic rings. The molecule has 7 atom stereocenters. The topological polar surface area (TPSA) is 183 Å². The second-order valence-electron chi connectivity index (χ2n) is 16.8. The van der Waals surface area contributed by atoms with Crippen LogP contribution in [0.1, 0.15) is 201 Å². The molecular weight excluding hydrogens is 697 g/mol. The maximum atomic E-state index is 13.3. The fourth-order valence-electron chi connectivity index (χ4n) is 7.74. The molecule has 1 unspecified atom stereocenters. The number of ether oxygens (including phenoxy) is 1. The molecular formula is C44H86N4O7. The minimum atomic E-state index is -1.46. The van der Waals surface area contributed by atoms with Crippen molar-refractivity contribution in [1.29, 1.82) is 0 Å². The van der Waals surface area contributed by atoms with Gasteiger partial charge in [-0.15, -0.1) is 0 Å². The number of amides is 3. The van der Waals surface area contributed by atoms with E-state index in [1.807, 2.05) is 13.8 Å². The van der Waals surface area contributed by atoms with Crippen molar-refractivity contribution in [3.05, 3.63) is 0 Å². The van der Waals surface area contributed by atoms with Crippen molar-refractivity contribution in [1.82, 2.24) is 16.0 Å². The van der Waals surface area contributed by atoms with Crippen LogP contribution in [0.4, 0.5) is 0 Å². The van der Waals surface area contributed by atoms with Gasteiger partial charge >= 0.3 is 0 Å². The fourth-order valence-corrected chi connectivity index (χ4v) is 7.74. The lowest BCUT2D eigenvalue weighted by Crippen LogP contribution is -2.69. The molecule has 0 spiro atoms. The van der Waals surface area contributed by atoms with Gasteiger partial charge in [-0.2, -0.15) is 0 Å². The van der Waals surface area contributed by atoms with Crippen molar-refractivity contribution in [2.45, 2.75) is 244 Å². The molecule has 0 aliphatic carbocycles. The van der Waals surface area contributed by atoms with E-state index in [1.54, 1.807) is 0 Å². The number of nitrogens with two attached hydrogens (primary N) is 1. The number of carbonyl (C=O) groups is 3. The second kappa shape index (κ2) is 33.2. The number of carbonyl (C=O) groups excluding carboxylic acids is 3. The molecule has 8 N–H and O–H groups in total. The average Bonchev–Trinajstić information content (AvgIpc) is 3.16. The standard InChI is InChI=1S/C44H86N4O7/c1-5-7-9-11-13-15-16-17-18-19-20-22-23-25-27-29-36(47-38(50)30-28-26-24-21-14-12-10-8-6-2)43-40(42(53)41(52)37(33-49)55-43)48-39(51)32-46-44(54)35(45)31-34(3)4/h34-37,40-43,49,52-53H,5-33,45H2,1-4H3,(H,46,54)(H,47,50)(H,48,51)/t35-,36?,37+,40+,41+,42+,43-/m0/s1. The number of hydrogen-bond donors (Lipinski definition) is 7. The summed E-state index contributed by atoms with van der Waals surface area (Å²) < 4.78 is 6.18. The number of aliphatic hydroxyl groups is 3. The summed E-state index contributed by atoms with van der Waals surface area (Å²) in [6, 6.07) is -2.40. The van der Waals surface area contributed by atoms with Gasteiger partial charge in [-0.25, -0.2) is 0 Å². The van der Waals surface area contributed by atoms with E-state index in [-0.39, 0.29) is 18.4 Å². The second-order valence-corrected chi connectivity index (χ2v) is 16.8. The van der Waals surface area contributed by atoms with E-state index < -0.39 is 61.0 Å². The highest BCUT2D eigenvalue weighted by molar-refractivity contribution is 5.87. The maximum absolute atomic E-state index is 13.3. The lowest BCUT2D eigenvalue weighted by atomic mass is 9.87. The van der Waals surface area contributed by atoms with Gasteiger partial charge in [0.25, 0.3) is 0 Å². The van der Waals surface area contributed by atoms with Crippen LogP contribution in [0, 0.1) is 5.92 Å². The first-order valence-corrected chi connectivity index (χ1v) is 22.8. The minimum Gasteiger partial charge on any atom is -0.394 e. The smallest absolute Gasteiger partial charge is 0.239 e. The Labute approximate surface area is 335 Å².